The van der Waals surface area contributed by atoms with Crippen molar-refractivity contribution in [3.8, 4) is 11.5 Å². The molecule has 0 saturated heterocycles. The van der Waals surface area contributed by atoms with E-state index in [4.69, 9.17) is 9.47 Å². The van der Waals surface area contributed by atoms with Crippen molar-refractivity contribution in [1.82, 2.24) is 21.3 Å². The molecule has 4 aromatic carbocycles. The van der Waals surface area contributed by atoms with Crippen LogP contribution in [-0.4, -0.2) is 48.9 Å². The molecule has 0 fully saturated rings. The summed E-state index contributed by atoms with van der Waals surface area (Å²) in [5.74, 6) is -0.771. The Bertz CT molecular complexity index is 1820. The van der Waals surface area contributed by atoms with Crippen molar-refractivity contribution in [2.24, 2.45) is 0 Å². The summed E-state index contributed by atoms with van der Waals surface area (Å²) < 4.78 is 11.4. The van der Waals surface area contributed by atoms with Crippen molar-refractivity contribution in [1.29, 1.82) is 0 Å². The van der Waals surface area contributed by atoms with Crippen molar-refractivity contribution in [3.05, 3.63) is 155 Å². The first-order valence-corrected chi connectivity index (χ1v) is 17.7. The predicted octanol–water partition coefficient (Wildman–Crippen LogP) is 6.53. The maximum atomic E-state index is 13.4. The van der Waals surface area contributed by atoms with Gasteiger partial charge in [0.05, 0.1) is 12.2 Å². The molecule has 0 aliphatic heterocycles. The van der Waals surface area contributed by atoms with E-state index in [0.29, 0.717) is 22.6 Å². The maximum absolute atomic E-state index is 13.4. The monoisotopic (exact) mass is 726 g/mol. The number of nitrogens with one attached hydrogen (secondary N) is 4. The molecule has 10 heteroatoms. The van der Waals surface area contributed by atoms with Crippen LogP contribution in [0, 0.1) is 0 Å². The van der Waals surface area contributed by atoms with Crippen molar-refractivity contribution >= 4 is 47.9 Å². The zero-order valence-corrected chi connectivity index (χ0v) is 30.9. The molecule has 4 amide bonds. The fourth-order valence-electron chi connectivity index (χ4n) is 4.84. The predicted molar refractivity (Wildman–Crippen MR) is 214 cm³/mol. The number of hydrogen-bond donors (Lipinski definition) is 4. The Labute approximate surface area is 316 Å². The van der Waals surface area contributed by atoms with Crippen LogP contribution < -0.4 is 30.7 Å². The quantitative estimate of drug-likeness (QED) is 0.0722. The van der Waals surface area contributed by atoms with E-state index in [0.717, 1.165) is 11.1 Å². The molecular weight excluding hydrogens is 681 g/mol. The van der Waals surface area contributed by atoms with E-state index in [-0.39, 0.29) is 36.7 Å². The average molecular weight is 727 g/mol. The molecule has 278 valence electrons. The van der Waals surface area contributed by atoms with E-state index in [9.17, 15) is 19.2 Å². The lowest BCUT2D eigenvalue weighted by Crippen LogP contribution is -2.40. The second-order valence-corrected chi connectivity index (χ2v) is 12.6. The first-order chi connectivity index (χ1) is 26.0. The summed E-state index contributed by atoms with van der Waals surface area (Å²) in [7, 11) is 0. The molecule has 0 spiro atoms. The Kier molecular flexibility index (Phi) is 15.6. The summed E-state index contributed by atoms with van der Waals surface area (Å²) >= 11 is 0. The van der Waals surface area contributed by atoms with Crippen LogP contribution >= 0.6 is 0 Å². The lowest BCUT2D eigenvalue weighted by molar-refractivity contribution is -0.121. The standard InChI is InChI=1S/C44H46N4O6/c1-31(2)53-37-21-15-35(16-22-37)29-39(47-41(49)25-19-33-11-7-5-8-12-33)43(51)45-27-28-46-44(52)40(30-36-17-23-38(24-18-36)54-32(3)4)48-42(50)26-20-34-13-9-6-10-14-34/h5-26,29-32H,27-28H2,1-4H3,(H,45,51)(H,46,52)(H,47,49)(H,48,50)/b25-19+,26-20+,39-29-,40-30-. The van der Waals surface area contributed by atoms with Crippen LogP contribution in [0.5, 0.6) is 11.5 Å². The molecule has 0 aromatic heterocycles. The van der Waals surface area contributed by atoms with Gasteiger partial charge in [-0.25, -0.2) is 0 Å². The third kappa shape index (κ3) is 14.5. The largest absolute Gasteiger partial charge is 0.491 e. The topological polar surface area (TPSA) is 135 Å². The zero-order chi connectivity index (χ0) is 38.7. The summed E-state index contributed by atoms with van der Waals surface area (Å²) in [5.41, 5.74) is 2.98. The molecule has 4 rings (SSSR count). The number of hydrogen-bond acceptors (Lipinski definition) is 6. The minimum absolute atomic E-state index is 0.000520. The Hall–Kier alpha value is -6.68. The molecule has 4 N–H and O–H groups in total. The lowest BCUT2D eigenvalue weighted by atomic mass is 10.1. The maximum Gasteiger partial charge on any atom is 0.267 e. The number of carbonyl (C=O) groups is 4. The van der Waals surface area contributed by atoms with Crippen LogP contribution in [-0.2, 0) is 19.2 Å². The van der Waals surface area contributed by atoms with Gasteiger partial charge in [-0.3, -0.25) is 19.2 Å². The Balaban J connectivity index is 1.44. The second-order valence-electron chi connectivity index (χ2n) is 12.6. The normalized spacial score (nSPS) is 11.8. The molecule has 0 aliphatic rings. The average Bonchev–Trinajstić information content (AvgIpc) is 3.16. The molecule has 0 unspecified atom stereocenters. The SMILES string of the molecule is CC(C)Oc1ccc(/C=C(\NC(=O)/C=C/c2ccccc2)C(=O)NCCNC(=O)/C(=C/c2ccc(OC(C)C)cc2)NC(=O)/C=C/c2ccccc2)cc1. The van der Waals surface area contributed by atoms with Crippen LogP contribution in [0.4, 0.5) is 0 Å². The van der Waals surface area contributed by atoms with Gasteiger partial charge in [0.15, 0.2) is 0 Å². The zero-order valence-electron chi connectivity index (χ0n) is 30.9. The first-order valence-electron chi connectivity index (χ1n) is 17.7. The number of rotatable bonds is 17. The molecular formula is C44H46N4O6. The number of benzene rings is 4. The van der Waals surface area contributed by atoms with Crippen LogP contribution in [0.3, 0.4) is 0 Å². The second kappa shape index (κ2) is 21.0. The van der Waals surface area contributed by atoms with Gasteiger partial charge in [0.2, 0.25) is 11.8 Å². The Morgan fingerprint density at radius 1 is 0.500 bits per heavy atom. The van der Waals surface area contributed by atoms with Gasteiger partial charge in [0, 0.05) is 25.2 Å². The van der Waals surface area contributed by atoms with Crippen molar-refractivity contribution in [3.63, 3.8) is 0 Å². The van der Waals surface area contributed by atoms with Gasteiger partial charge in [-0.05, 0) is 98.5 Å². The molecule has 0 atom stereocenters. The minimum Gasteiger partial charge on any atom is -0.491 e. The first kappa shape index (κ1) is 40.1. The molecule has 54 heavy (non-hydrogen) atoms. The van der Waals surface area contributed by atoms with E-state index < -0.39 is 23.6 Å². The minimum atomic E-state index is -0.563. The molecule has 10 nitrogen and oxygen atoms in total. The van der Waals surface area contributed by atoms with Gasteiger partial charge >= 0.3 is 0 Å². The van der Waals surface area contributed by atoms with Gasteiger partial charge < -0.3 is 30.7 Å². The van der Waals surface area contributed by atoms with Crippen molar-refractivity contribution in [2.45, 2.75) is 39.9 Å². The highest BCUT2D eigenvalue weighted by molar-refractivity contribution is 6.05. The van der Waals surface area contributed by atoms with Gasteiger partial charge in [-0.2, -0.15) is 0 Å². The molecule has 0 bridgehead atoms. The van der Waals surface area contributed by atoms with E-state index in [1.165, 1.54) is 12.2 Å². The summed E-state index contributed by atoms with van der Waals surface area (Å²) in [6.07, 6.45) is 9.09. The Morgan fingerprint density at radius 3 is 1.19 bits per heavy atom. The number of ether oxygens (including phenoxy) is 2. The fourth-order valence-corrected chi connectivity index (χ4v) is 4.84. The van der Waals surface area contributed by atoms with Gasteiger partial charge in [0.1, 0.15) is 22.9 Å². The third-order valence-corrected chi connectivity index (χ3v) is 7.28. The van der Waals surface area contributed by atoms with Crippen LogP contribution in [0.25, 0.3) is 24.3 Å². The summed E-state index contributed by atoms with van der Waals surface area (Å²) in [6.45, 7) is 7.76. The van der Waals surface area contributed by atoms with Crippen molar-refractivity contribution in [2.75, 3.05) is 13.1 Å². The van der Waals surface area contributed by atoms with Crippen LogP contribution in [0.1, 0.15) is 49.9 Å². The summed E-state index contributed by atoms with van der Waals surface area (Å²) in [4.78, 5) is 52.5. The molecule has 4 aromatic rings. The van der Waals surface area contributed by atoms with Crippen molar-refractivity contribution < 1.29 is 28.7 Å². The van der Waals surface area contributed by atoms with Gasteiger partial charge in [-0.15, -0.1) is 0 Å². The van der Waals surface area contributed by atoms with E-state index >= 15 is 0 Å². The Morgan fingerprint density at radius 2 is 0.852 bits per heavy atom. The highest BCUT2D eigenvalue weighted by Crippen LogP contribution is 2.17. The van der Waals surface area contributed by atoms with E-state index in [1.54, 1.807) is 72.8 Å². The molecule has 0 aliphatic carbocycles. The van der Waals surface area contributed by atoms with Gasteiger partial charge in [-0.1, -0.05) is 84.9 Å². The highest BCUT2D eigenvalue weighted by Gasteiger charge is 2.15. The van der Waals surface area contributed by atoms with E-state index in [1.807, 2.05) is 88.4 Å². The highest BCUT2D eigenvalue weighted by atomic mass is 16.5. The number of amides is 4. The summed E-state index contributed by atoms with van der Waals surface area (Å²) in [5, 5.41) is 10.8. The van der Waals surface area contributed by atoms with Gasteiger partial charge in [0.25, 0.3) is 11.8 Å². The van der Waals surface area contributed by atoms with Crippen LogP contribution in [0.15, 0.2) is 133 Å². The molecule has 0 radical (unpaired) electrons. The number of carbonyl (C=O) groups excluding carboxylic acids is 4. The summed E-state index contributed by atoms with van der Waals surface area (Å²) in [6, 6.07) is 32.8. The third-order valence-electron chi connectivity index (χ3n) is 7.28. The van der Waals surface area contributed by atoms with Crippen LogP contribution in [0.2, 0.25) is 0 Å². The fraction of sp³-hybridized carbons (Fsp3) is 0.182. The molecule has 0 heterocycles. The molecule has 0 saturated carbocycles. The smallest absolute Gasteiger partial charge is 0.267 e. The van der Waals surface area contributed by atoms with E-state index in [2.05, 4.69) is 21.3 Å². The lowest BCUT2D eigenvalue weighted by Gasteiger charge is -2.13.